The molecule has 150 valence electrons. The summed E-state index contributed by atoms with van der Waals surface area (Å²) < 4.78 is 0. The molecule has 29 heavy (non-hydrogen) atoms. The lowest BCUT2D eigenvalue weighted by Crippen LogP contribution is -2.59. The molecule has 2 atom stereocenters. The predicted octanol–water partition coefficient (Wildman–Crippen LogP) is 4.69. The van der Waals surface area contributed by atoms with Gasteiger partial charge in [-0.25, -0.2) is 19.6 Å². The van der Waals surface area contributed by atoms with Gasteiger partial charge in [0.1, 0.15) is 5.82 Å². The fraction of sp³-hybridized carbons (Fsp3) is 0.429. The standard InChI is InChI=1S/C21H23ClN6O/c1-13-12-28(21(29)26-16-9-24-20(25-10-16)15-4-5-15)14(2)11-27(13)17-6-7-19(23-3)18(22)8-17/h6-10,13-15H,4-5,11-12H2,1-2H3,(H,26,29)/t13-,14+/m0/s1. The molecule has 2 amide bonds. The summed E-state index contributed by atoms with van der Waals surface area (Å²) >= 11 is 6.21. The number of halogens is 1. The SMILES string of the molecule is [C-]#[N+]c1ccc(N2C[C@@H](C)N(C(=O)Nc3cnc(C4CC4)nc3)C[C@@H]2C)cc1Cl. The maximum absolute atomic E-state index is 12.8. The van der Waals surface area contributed by atoms with Crippen LogP contribution in [0, 0.1) is 6.57 Å². The van der Waals surface area contributed by atoms with Crippen molar-refractivity contribution in [3.8, 4) is 0 Å². The van der Waals surface area contributed by atoms with Crippen LogP contribution in [0.1, 0.15) is 38.4 Å². The van der Waals surface area contributed by atoms with Gasteiger partial charge in [-0.15, -0.1) is 0 Å². The predicted molar refractivity (Wildman–Crippen MR) is 114 cm³/mol. The number of amides is 2. The first-order valence-corrected chi connectivity index (χ1v) is 10.2. The maximum atomic E-state index is 12.8. The van der Waals surface area contributed by atoms with Crippen LogP contribution in [0.15, 0.2) is 30.6 Å². The zero-order valence-electron chi connectivity index (χ0n) is 16.5. The van der Waals surface area contributed by atoms with Crippen LogP contribution in [-0.4, -0.2) is 46.1 Å². The molecule has 1 aromatic carbocycles. The van der Waals surface area contributed by atoms with E-state index in [1.807, 2.05) is 24.0 Å². The van der Waals surface area contributed by atoms with Gasteiger partial charge in [0.15, 0.2) is 0 Å². The topological polar surface area (TPSA) is 65.7 Å². The third-order valence-corrected chi connectivity index (χ3v) is 5.80. The van der Waals surface area contributed by atoms with Gasteiger partial charge in [-0.2, -0.15) is 0 Å². The number of benzene rings is 1. The minimum atomic E-state index is -0.145. The third-order valence-electron chi connectivity index (χ3n) is 5.50. The normalized spacial score (nSPS) is 21.6. The number of rotatable bonds is 3. The van der Waals surface area contributed by atoms with E-state index in [0.717, 1.165) is 24.4 Å². The van der Waals surface area contributed by atoms with Crippen LogP contribution < -0.4 is 10.2 Å². The molecule has 4 rings (SSSR count). The van der Waals surface area contributed by atoms with E-state index in [1.54, 1.807) is 18.5 Å². The minimum absolute atomic E-state index is 0.0113. The number of nitrogens with one attached hydrogen (secondary N) is 1. The van der Waals surface area contributed by atoms with Gasteiger partial charge >= 0.3 is 6.03 Å². The first-order valence-electron chi connectivity index (χ1n) is 9.79. The average Bonchev–Trinajstić information content (AvgIpc) is 3.55. The van der Waals surface area contributed by atoms with Crippen molar-refractivity contribution < 1.29 is 4.79 Å². The summed E-state index contributed by atoms with van der Waals surface area (Å²) in [5.41, 5.74) is 2.03. The summed E-state index contributed by atoms with van der Waals surface area (Å²) in [6.45, 7) is 12.5. The number of piperazine rings is 1. The van der Waals surface area contributed by atoms with Crippen LogP contribution in [0.3, 0.4) is 0 Å². The van der Waals surface area contributed by atoms with Gasteiger partial charge in [-0.3, -0.25) is 0 Å². The summed E-state index contributed by atoms with van der Waals surface area (Å²) in [7, 11) is 0. The highest BCUT2D eigenvalue weighted by atomic mass is 35.5. The molecule has 8 heteroatoms. The molecule has 2 aromatic rings. The molecular weight excluding hydrogens is 388 g/mol. The third kappa shape index (κ3) is 4.13. The summed E-state index contributed by atoms with van der Waals surface area (Å²) in [5.74, 6) is 1.35. The molecule has 7 nitrogen and oxygen atoms in total. The molecule has 2 aliphatic rings. The van der Waals surface area contributed by atoms with Crippen LogP contribution in [-0.2, 0) is 0 Å². The van der Waals surface area contributed by atoms with Crippen molar-refractivity contribution in [2.45, 2.75) is 44.7 Å². The van der Waals surface area contributed by atoms with Crippen LogP contribution in [0.2, 0.25) is 5.02 Å². The van der Waals surface area contributed by atoms with E-state index in [0.29, 0.717) is 35.4 Å². The Balaban J connectivity index is 1.42. The summed E-state index contributed by atoms with van der Waals surface area (Å²) in [5, 5.41) is 3.37. The molecule has 0 unspecified atom stereocenters. The number of nitrogens with zero attached hydrogens (tertiary/aromatic N) is 5. The molecule has 0 radical (unpaired) electrons. The quantitative estimate of drug-likeness (QED) is 0.745. The van der Waals surface area contributed by atoms with Crippen molar-refractivity contribution in [1.82, 2.24) is 14.9 Å². The first kappa shape index (κ1) is 19.5. The number of hydrogen-bond acceptors (Lipinski definition) is 4. The molecule has 1 aliphatic carbocycles. The molecule has 2 fully saturated rings. The van der Waals surface area contributed by atoms with Crippen LogP contribution in [0.25, 0.3) is 4.85 Å². The number of anilines is 2. The molecular formula is C21H23ClN6O. The monoisotopic (exact) mass is 410 g/mol. The smallest absolute Gasteiger partial charge is 0.322 e. The summed E-state index contributed by atoms with van der Waals surface area (Å²) in [6.07, 6.45) is 5.67. The number of carbonyl (C=O) groups excluding carboxylic acids is 1. The largest absolute Gasteiger partial charge is 0.365 e. The van der Waals surface area contributed by atoms with Crippen molar-refractivity contribution in [2.24, 2.45) is 0 Å². The number of urea groups is 1. The van der Waals surface area contributed by atoms with Gasteiger partial charge in [0.05, 0.1) is 24.7 Å². The Morgan fingerprint density at radius 1 is 1.21 bits per heavy atom. The lowest BCUT2D eigenvalue weighted by Gasteiger charge is -2.45. The number of carbonyl (C=O) groups is 1. The molecule has 1 aliphatic heterocycles. The van der Waals surface area contributed by atoms with E-state index in [4.69, 9.17) is 18.2 Å². The van der Waals surface area contributed by atoms with E-state index in [1.165, 1.54) is 0 Å². The van der Waals surface area contributed by atoms with E-state index >= 15 is 0 Å². The summed E-state index contributed by atoms with van der Waals surface area (Å²) in [6, 6.07) is 5.46. The van der Waals surface area contributed by atoms with E-state index < -0.39 is 0 Å². The lowest BCUT2D eigenvalue weighted by atomic mass is 10.1. The van der Waals surface area contributed by atoms with Crippen molar-refractivity contribution in [2.75, 3.05) is 23.3 Å². The second-order valence-electron chi connectivity index (χ2n) is 7.78. The van der Waals surface area contributed by atoms with Gasteiger partial charge in [0.2, 0.25) is 5.69 Å². The van der Waals surface area contributed by atoms with Gasteiger partial charge in [0.25, 0.3) is 0 Å². The Hall–Kier alpha value is -2.85. The Morgan fingerprint density at radius 3 is 2.55 bits per heavy atom. The summed E-state index contributed by atoms with van der Waals surface area (Å²) in [4.78, 5) is 29.0. The maximum Gasteiger partial charge on any atom is 0.322 e. The van der Waals surface area contributed by atoms with Crippen LogP contribution in [0.5, 0.6) is 0 Å². The fourth-order valence-electron chi connectivity index (χ4n) is 3.68. The molecule has 1 saturated carbocycles. The molecule has 1 aromatic heterocycles. The minimum Gasteiger partial charge on any atom is -0.365 e. The van der Waals surface area contributed by atoms with Crippen molar-refractivity contribution in [3.05, 3.63) is 52.9 Å². The zero-order chi connectivity index (χ0) is 20.5. The van der Waals surface area contributed by atoms with Crippen molar-refractivity contribution in [1.29, 1.82) is 0 Å². The van der Waals surface area contributed by atoms with E-state index in [2.05, 4.69) is 32.0 Å². The van der Waals surface area contributed by atoms with Crippen LogP contribution in [0.4, 0.5) is 21.9 Å². The Kier molecular flexibility index (Phi) is 5.29. The second kappa shape index (κ2) is 7.88. The van der Waals surface area contributed by atoms with E-state index in [-0.39, 0.29) is 18.1 Å². The second-order valence-corrected chi connectivity index (χ2v) is 8.19. The van der Waals surface area contributed by atoms with Crippen molar-refractivity contribution in [3.63, 3.8) is 0 Å². The van der Waals surface area contributed by atoms with Gasteiger partial charge in [0, 0.05) is 41.8 Å². The van der Waals surface area contributed by atoms with Gasteiger partial charge in [-0.1, -0.05) is 17.7 Å². The highest BCUT2D eigenvalue weighted by molar-refractivity contribution is 6.33. The molecule has 1 N–H and O–H groups in total. The van der Waals surface area contributed by atoms with Crippen molar-refractivity contribution >= 4 is 34.7 Å². The van der Waals surface area contributed by atoms with Gasteiger partial charge in [-0.05, 0) is 38.8 Å². The Bertz CT molecular complexity index is 953. The van der Waals surface area contributed by atoms with Gasteiger partial charge < -0.3 is 15.1 Å². The average molecular weight is 411 g/mol. The molecule has 0 bridgehead atoms. The fourth-order valence-corrected chi connectivity index (χ4v) is 3.90. The Labute approximate surface area is 175 Å². The molecule has 0 spiro atoms. The van der Waals surface area contributed by atoms with E-state index in [9.17, 15) is 4.79 Å². The number of aromatic nitrogens is 2. The van der Waals surface area contributed by atoms with Crippen LogP contribution >= 0.6 is 11.6 Å². The lowest BCUT2D eigenvalue weighted by molar-refractivity contribution is 0.173. The molecule has 2 heterocycles. The highest BCUT2D eigenvalue weighted by Gasteiger charge is 2.32. The zero-order valence-corrected chi connectivity index (χ0v) is 17.2. The highest BCUT2D eigenvalue weighted by Crippen LogP contribution is 2.37. The Morgan fingerprint density at radius 2 is 1.93 bits per heavy atom. The first-order chi connectivity index (χ1) is 14.0. The molecule has 1 saturated heterocycles. The number of hydrogen-bond donors (Lipinski definition) is 1.